The Balaban J connectivity index is 1.39. The second-order valence-corrected chi connectivity index (χ2v) is 13.8. The van der Waals surface area contributed by atoms with E-state index in [9.17, 15) is 13.2 Å². The van der Waals surface area contributed by atoms with E-state index >= 15 is 0 Å². The first-order valence-corrected chi connectivity index (χ1v) is 15.7. The average molecular weight is 586 g/mol. The van der Waals surface area contributed by atoms with E-state index in [-0.39, 0.29) is 29.3 Å². The molecule has 5 rings (SSSR count). The SMILES string of the molecule is COc1ccc(-c2cc(C(=O)N3CCN(S(=O)(=O)c4ccc(C(C)(C)C)cc4)CC3)c(C)n2-c2ccc(C)cc2)cc1. The normalized spacial score (nSPS) is 14.7. The Bertz CT molecular complexity index is 1670. The summed E-state index contributed by atoms with van der Waals surface area (Å²) in [4.78, 5) is 15.9. The highest BCUT2D eigenvalue weighted by molar-refractivity contribution is 7.89. The van der Waals surface area contributed by atoms with Crippen molar-refractivity contribution in [2.24, 2.45) is 0 Å². The average Bonchev–Trinajstić information content (AvgIpc) is 3.33. The molecule has 1 aliphatic heterocycles. The molecular formula is C34H39N3O4S. The van der Waals surface area contributed by atoms with Crippen LogP contribution in [0.25, 0.3) is 16.9 Å². The zero-order valence-corrected chi connectivity index (χ0v) is 26.0. The molecule has 0 N–H and O–H groups in total. The van der Waals surface area contributed by atoms with Gasteiger partial charge in [-0.3, -0.25) is 4.79 Å². The van der Waals surface area contributed by atoms with Crippen molar-refractivity contribution in [2.75, 3.05) is 33.3 Å². The summed E-state index contributed by atoms with van der Waals surface area (Å²) in [5.41, 5.74) is 6.46. The molecule has 0 aliphatic carbocycles. The number of aromatic nitrogens is 1. The lowest BCUT2D eigenvalue weighted by atomic mass is 9.87. The van der Waals surface area contributed by atoms with E-state index in [1.807, 2.05) is 56.3 Å². The van der Waals surface area contributed by atoms with Gasteiger partial charge in [0.15, 0.2) is 0 Å². The number of methoxy groups -OCH3 is 1. The number of amides is 1. The predicted molar refractivity (Wildman–Crippen MR) is 167 cm³/mol. The maximum Gasteiger partial charge on any atom is 0.255 e. The molecule has 0 saturated carbocycles. The van der Waals surface area contributed by atoms with Crippen LogP contribution < -0.4 is 4.74 Å². The zero-order valence-electron chi connectivity index (χ0n) is 25.2. The Morgan fingerprint density at radius 3 is 1.95 bits per heavy atom. The number of rotatable bonds is 6. The lowest BCUT2D eigenvalue weighted by molar-refractivity contribution is 0.0697. The topological polar surface area (TPSA) is 71.8 Å². The van der Waals surface area contributed by atoms with Crippen LogP contribution in [-0.4, -0.2) is 61.4 Å². The molecule has 1 fully saturated rings. The van der Waals surface area contributed by atoms with Crippen LogP contribution in [0.4, 0.5) is 0 Å². The van der Waals surface area contributed by atoms with Crippen molar-refractivity contribution in [1.82, 2.24) is 13.8 Å². The summed E-state index contributed by atoms with van der Waals surface area (Å²) >= 11 is 0. The number of nitrogens with zero attached hydrogens (tertiary/aromatic N) is 3. The van der Waals surface area contributed by atoms with Gasteiger partial charge in [0.2, 0.25) is 10.0 Å². The number of benzene rings is 3. The van der Waals surface area contributed by atoms with Crippen LogP contribution in [0.1, 0.15) is 48.0 Å². The molecule has 1 saturated heterocycles. The first kappa shape index (κ1) is 29.6. The van der Waals surface area contributed by atoms with E-state index in [0.29, 0.717) is 18.7 Å². The summed E-state index contributed by atoms with van der Waals surface area (Å²) in [6, 6.07) is 25.1. The number of aryl methyl sites for hydroxylation is 1. The van der Waals surface area contributed by atoms with Crippen molar-refractivity contribution in [1.29, 1.82) is 0 Å². The zero-order chi connectivity index (χ0) is 30.2. The van der Waals surface area contributed by atoms with Crippen molar-refractivity contribution >= 4 is 15.9 Å². The third-order valence-corrected chi connectivity index (χ3v) is 9.95. The molecule has 8 heteroatoms. The smallest absolute Gasteiger partial charge is 0.255 e. The lowest BCUT2D eigenvalue weighted by Gasteiger charge is -2.34. The second-order valence-electron chi connectivity index (χ2n) is 11.9. The summed E-state index contributed by atoms with van der Waals surface area (Å²) in [5.74, 6) is 0.665. The minimum absolute atomic E-state index is 0.0575. The fourth-order valence-corrected chi connectivity index (χ4v) is 6.82. The van der Waals surface area contributed by atoms with Gasteiger partial charge in [-0.2, -0.15) is 4.31 Å². The first-order chi connectivity index (χ1) is 19.9. The van der Waals surface area contributed by atoms with Crippen LogP contribution in [0, 0.1) is 13.8 Å². The molecule has 0 atom stereocenters. The number of hydrogen-bond donors (Lipinski definition) is 0. The van der Waals surface area contributed by atoms with E-state index in [4.69, 9.17) is 4.74 Å². The Hall–Kier alpha value is -3.88. The van der Waals surface area contributed by atoms with Crippen LogP contribution >= 0.6 is 0 Å². The Labute approximate surface area is 249 Å². The van der Waals surface area contributed by atoms with Gasteiger partial charge in [-0.25, -0.2) is 8.42 Å². The summed E-state index contributed by atoms with van der Waals surface area (Å²) < 4.78 is 35.7. The molecule has 3 aromatic carbocycles. The molecule has 4 aromatic rings. The quantitative estimate of drug-likeness (QED) is 0.270. The molecular weight excluding hydrogens is 546 g/mol. The summed E-state index contributed by atoms with van der Waals surface area (Å²) in [5, 5.41) is 0. The van der Waals surface area contributed by atoms with Crippen molar-refractivity contribution in [3.05, 3.63) is 101 Å². The summed E-state index contributed by atoms with van der Waals surface area (Å²) in [6.07, 6.45) is 0. The van der Waals surface area contributed by atoms with E-state index in [0.717, 1.165) is 39.5 Å². The van der Waals surface area contributed by atoms with Crippen molar-refractivity contribution < 1.29 is 17.9 Å². The van der Waals surface area contributed by atoms with Crippen LogP contribution in [0.2, 0.25) is 0 Å². The molecule has 0 unspecified atom stereocenters. The third kappa shape index (κ3) is 5.74. The Morgan fingerprint density at radius 2 is 1.40 bits per heavy atom. The molecule has 42 heavy (non-hydrogen) atoms. The first-order valence-electron chi connectivity index (χ1n) is 14.2. The molecule has 1 amide bonds. The van der Waals surface area contributed by atoms with Crippen LogP contribution in [0.5, 0.6) is 5.75 Å². The van der Waals surface area contributed by atoms with Crippen molar-refractivity contribution in [3.63, 3.8) is 0 Å². The van der Waals surface area contributed by atoms with Gasteiger partial charge in [-0.1, -0.05) is 50.6 Å². The van der Waals surface area contributed by atoms with E-state index in [1.165, 1.54) is 4.31 Å². The minimum Gasteiger partial charge on any atom is -0.497 e. The molecule has 0 bridgehead atoms. The van der Waals surface area contributed by atoms with E-state index in [2.05, 4.69) is 49.6 Å². The number of carbonyl (C=O) groups excluding carboxylic acids is 1. The van der Waals surface area contributed by atoms with Gasteiger partial charge in [0.25, 0.3) is 5.91 Å². The van der Waals surface area contributed by atoms with Crippen LogP contribution in [-0.2, 0) is 15.4 Å². The van der Waals surface area contributed by atoms with Crippen LogP contribution in [0.3, 0.4) is 0 Å². The van der Waals surface area contributed by atoms with Gasteiger partial charge in [0.05, 0.1) is 23.3 Å². The molecule has 220 valence electrons. The predicted octanol–water partition coefficient (Wildman–Crippen LogP) is 6.21. The molecule has 0 spiro atoms. The highest BCUT2D eigenvalue weighted by Crippen LogP contribution is 2.32. The number of carbonyl (C=O) groups is 1. The highest BCUT2D eigenvalue weighted by Gasteiger charge is 2.32. The monoisotopic (exact) mass is 585 g/mol. The summed E-state index contributed by atoms with van der Waals surface area (Å²) in [7, 11) is -2.01. The van der Waals surface area contributed by atoms with Gasteiger partial charge < -0.3 is 14.2 Å². The fourth-order valence-electron chi connectivity index (χ4n) is 5.40. The van der Waals surface area contributed by atoms with Crippen LogP contribution in [0.15, 0.2) is 83.8 Å². The van der Waals surface area contributed by atoms with Gasteiger partial charge in [0.1, 0.15) is 5.75 Å². The van der Waals surface area contributed by atoms with Gasteiger partial charge >= 0.3 is 0 Å². The largest absolute Gasteiger partial charge is 0.497 e. The number of ether oxygens (including phenoxy) is 1. The maximum absolute atomic E-state index is 13.9. The molecule has 7 nitrogen and oxygen atoms in total. The third-order valence-electron chi connectivity index (χ3n) is 8.04. The number of sulfonamides is 1. The number of hydrogen-bond acceptors (Lipinski definition) is 4. The Kier molecular flexibility index (Phi) is 8.05. The molecule has 1 aromatic heterocycles. The minimum atomic E-state index is -3.65. The van der Waals surface area contributed by atoms with Crippen molar-refractivity contribution in [2.45, 2.75) is 44.9 Å². The molecule has 1 aliphatic rings. The van der Waals surface area contributed by atoms with Crippen molar-refractivity contribution in [3.8, 4) is 22.7 Å². The fraction of sp³-hybridized carbons (Fsp3) is 0.324. The maximum atomic E-state index is 13.9. The van der Waals surface area contributed by atoms with E-state index in [1.54, 1.807) is 24.1 Å². The highest BCUT2D eigenvalue weighted by atomic mass is 32.2. The van der Waals surface area contributed by atoms with E-state index < -0.39 is 10.0 Å². The van der Waals surface area contributed by atoms with Gasteiger partial charge in [0, 0.05) is 37.6 Å². The number of piperazine rings is 1. The van der Waals surface area contributed by atoms with Gasteiger partial charge in [-0.05, 0) is 85.0 Å². The summed E-state index contributed by atoms with van der Waals surface area (Å²) in [6.45, 7) is 11.5. The standard InChI is InChI=1S/C34H39N3O4S/c1-24-7-13-28(14-8-24)37-25(2)31(23-32(37)26-9-15-29(41-6)16-10-26)33(38)35-19-21-36(22-20-35)42(39,40)30-17-11-27(12-18-30)34(3,4)5/h7-18,23H,19-22H2,1-6H3. The Morgan fingerprint density at radius 1 is 0.810 bits per heavy atom. The second kappa shape index (κ2) is 11.4. The van der Waals surface area contributed by atoms with Gasteiger partial charge in [-0.15, -0.1) is 0 Å². The molecule has 0 radical (unpaired) electrons. The molecule has 2 heterocycles. The lowest BCUT2D eigenvalue weighted by Crippen LogP contribution is -2.50.